The van der Waals surface area contributed by atoms with Crippen molar-refractivity contribution < 1.29 is 32.0 Å². The lowest BCUT2D eigenvalue weighted by Crippen LogP contribution is -2.36. The van der Waals surface area contributed by atoms with Crippen molar-refractivity contribution in [2.45, 2.75) is 84.0 Å². The molecule has 0 spiro atoms. The van der Waals surface area contributed by atoms with Crippen molar-refractivity contribution in [2.75, 3.05) is 13.2 Å². The van der Waals surface area contributed by atoms with Crippen LogP contribution in [0.1, 0.15) is 83.7 Å². The average molecular weight is 510 g/mol. The van der Waals surface area contributed by atoms with Gasteiger partial charge in [-0.2, -0.15) is 18.2 Å². The van der Waals surface area contributed by atoms with Crippen LogP contribution in [-0.2, 0) is 10.9 Å². The topological polar surface area (TPSA) is 77.7 Å². The smallest absolute Gasteiger partial charge is 0.419 e. The highest BCUT2D eigenvalue weighted by molar-refractivity contribution is 5.69. The minimum absolute atomic E-state index is 0.00825. The van der Waals surface area contributed by atoms with Crippen LogP contribution < -0.4 is 4.74 Å². The minimum Gasteiger partial charge on any atom is -0.489 e. The molecule has 198 valence electrons. The third-order valence-corrected chi connectivity index (χ3v) is 5.63. The molecule has 0 N–H and O–H groups in total. The maximum atomic E-state index is 13.8. The number of nitrogens with zero attached hydrogens (tertiary/aromatic N) is 3. The molecule has 1 aliphatic rings. The number of benzene rings is 1. The molecule has 2 aromatic rings. The van der Waals surface area contributed by atoms with E-state index in [1.54, 1.807) is 26.8 Å². The van der Waals surface area contributed by atoms with Crippen molar-refractivity contribution in [2.24, 2.45) is 0 Å². The molecular formula is C26H34F3N3O4. The van der Waals surface area contributed by atoms with Crippen LogP contribution in [0.15, 0.2) is 34.9 Å². The second-order valence-corrected chi connectivity index (χ2v) is 9.77. The second kappa shape index (κ2) is 11.8. The molecule has 0 unspecified atom stereocenters. The van der Waals surface area contributed by atoms with Gasteiger partial charge in [0.25, 0.3) is 0 Å². The van der Waals surface area contributed by atoms with Crippen molar-refractivity contribution in [3.8, 4) is 17.1 Å². The highest BCUT2D eigenvalue weighted by Gasteiger charge is 2.38. The van der Waals surface area contributed by atoms with Gasteiger partial charge >= 0.3 is 12.3 Å². The van der Waals surface area contributed by atoms with Crippen LogP contribution in [0, 0.1) is 0 Å². The summed E-state index contributed by atoms with van der Waals surface area (Å²) < 4.78 is 57.5. The Morgan fingerprint density at radius 3 is 2.69 bits per heavy atom. The molecule has 36 heavy (non-hydrogen) atoms. The van der Waals surface area contributed by atoms with E-state index in [-0.39, 0.29) is 29.6 Å². The number of rotatable bonds is 9. The van der Waals surface area contributed by atoms with Gasteiger partial charge in [0.05, 0.1) is 5.56 Å². The number of amides is 1. The van der Waals surface area contributed by atoms with E-state index in [4.69, 9.17) is 14.0 Å². The molecule has 1 aliphatic heterocycles. The van der Waals surface area contributed by atoms with Crippen molar-refractivity contribution in [3.05, 3.63) is 41.8 Å². The molecule has 0 saturated carbocycles. The lowest BCUT2D eigenvalue weighted by atomic mass is 10.1. The zero-order valence-electron chi connectivity index (χ0n) is 21.2. The second-order valence-electron chi connectivity index (χ2n) is 9.77. The molecule has 3 rings (SSSR count). The zero-order valence-corrected chi connectivity index (χ0v) is 21.2. The first kappa shape index (κ1) is 27.5. The largest absolute Gasteiger partial charge is 0.489 e. The number of likely N-dealkylation sites (tertiary alicyclic amines) is 1. The summed E-state index contributed by atoms with van der Waals surface area (Å²) in [4.78, 5) is 18.4. The summed E-state index contributed by atoms with van der Waals surface area (Å²) in [6.45, 7) is 7.94. The average Bonchev–Trinajstić information content (AvgIpc) is 3.46. The maximum Gasteiger partial charge on any atom is 0.419 e. The fourth-order valence-corrected chi connectivity index (χ4v) is 3.90. The fraction of sp³-hybridized carbons (Fsp3) is 0.577. The lowest BCUT2D eigenvalue weighted by Gasteiger charge is -2.26. The highest BCUT2D eigenvalue weighted by atomic mass is 19.4. The van der Waals surface area contributed by atoms with Gasteiger partial charge in [0.15, 0.2) is 0 Å². The van der Waals surface area contributed by atoms with Gasteiger partial charge in [0, 0.05) is 12.1 Å². The zero-order chi connectivity index (χ0) is 26.3. The maximum absolute atomic E-state index is 13.8. The summed E-state index contributed by atoms with van der Waals surface area (Å²) in [5.74, 6) is -0.0931. The van der Waals surface area contributed by atoms with E-state index in [2.05, 4.69) is 17.1 Å². The van der Waals surface area contributed by atoms with Crippen LogP contribution in [0.2, 0.25) is 0 Å². The Morgan fingerprint density at radius 1 is 1.22 bits per heavy atom. The van der Waals surface area contributed by atoms with E-state index < -0.39 is 29.5 Å². The van der Waals surface area contributed by atoms with Gasteiger partial charge in [0.2, 0.25) is 11.7 Å². The number of ether oxygens (including phenoxy) is 2. The first-order valence-electron chi connectivity index (χ1n) is 12.3. The number of alkyl halides is 3. The molecule has 0 bridgehead atoms. The third kappa shape index (κ3) is 7.48. The number of allylic oxidation sites excluding steroid dienone is 1. The predicted octanol–water partition coefficient (Wildman–Crippen LogP) is 7.34. The molecule has 1 aromatic heterocycles. The van der Waals surface area contributed by atoms with Crippen molar-refractivity contribution in [1.82, 2.24) is 15.0 Å². The number of unbranched alkanes of at least 4 members (excludes halogenated alkanes) is 3. The number of carbonyl (C=O) groups is 1. The quantitative estimate of drug-likeness (QED) is 0.260. The van der Waals surface area contributed by atoms with E-state index in [9.17, 15) is 18.0 Å². The van der Waals surface area contributed by atoms with Crippen molar-refractivity contribution >= 4 is 6.09 Å². The first-order chi connectivity index (χ1) is 17.0. The van der Waals surface area contributed by atoms with E-state index in [0.717, 1.165) is 38.2 Å². The number of aromatic nitrogens is 2. The molecule has 1 atom stereocenters. The van der Waals surface area contributed by atoms with Gasteiger partial charge in [0.1, 0.15) is 24.0 Å². The molecule has 1 amide bonds. The Hall–Kier alpha value is -3.04. The molecule has 2 heterocycles. The fourth-order valence-electron chi connectivity index (χ4n) is 3.90. The molecule has 1 saturated heterocycles. The Labute approximate surface area is 209 Å². The number of carbonyl (C=O) groups excluding carboxylic acids is 1. The Morgan fingerprint density at radius 2 is 2.00 bits per heavy atom. The molecule has 0 aliphatic carbocycles. The van der Waals surface area contributed by atoms with Crippen molar-refractivity contribution in [1.29, 1.82) is 0 Å². The van der Waals surface area contributed by atoms with Crippen LogP contribution in [-0.4, -0.2) is 39.9 Å². The Balaban J connectivity index is 1.74. The van der Waals surface area contributed by atoms with Crippen LogP contribution in [0.3, 0.4) is 0 Å². The van der Waals surface area contributed by atoms with Gasteiger partial charge in [-0.15, -0.1) is 0 Å². The van der Waals surface area contributed by atoms with Gasteiger partial charge in [-0.3, -0.25) is 4.90 Å². The molecule has 7 nitrogen and oxygen atoms in total. The highest BCUT2D eigenvalue weighted by Crippen LogP contribution is 2.39. The normalized spacial score (nSPS) is 16.6. The van der Waals surface area contributed by atoms with E-state index in [1.165, 1.54) is 17.0 Å². The standard InChI is InChI=1S/C26H34F3N3O4/c1-5-6-7-8-9-10-16-34-21-14-13-18(17-19(21)26(27,28)29)22-30-23(36-31-22)20-12-11-15-32(20)24(33)35-25(2,3)4/h9-10,13-14,17,20H,5-8,11-12,15-16H2,1-4H3/t20-/m0/s1. The SMILES string of the molecule is CCCCCC=CCOc1ccc(-c2noc([C@@H]3CCCN3C(=O)OC(C)(C)C)n2)cc1C(F)(F)F. The third-order valence-electron chi connectivity index (χ3n) is 5.63. The van der Waals surface area contributed by atoms with E-state index in [0.29, 0.717) is 13.0 Å². The van der Waals surface area contributed by atoms with E-state index >= 15 is 0 Å². The number of hydrogen-bond donors (Lipinski definition) is 0. The summed E-state index contributed by atoms with van der Waals surface area (Å²) in [5.41, 5.74) is -1.43. The molecule has 1 aromatic carbocycles. The first-order valence-corrected chi connectivity index (χ1v) is 12.3. The summed E-state index contributed by atoms with van der Waals surface area (Å²) in [6, 6.07) is 3.19. The number of halogens is 3. The Kier molecular flexibility index (Phi) is 9.03. The van der Waals surface area contributed by atoms with Crippen LogP contribution in [0.5, 0.6) is 5.75 Å². The summed E-state index contributed by atoms with van der Waals surface area (Å²) in [7, 11) is 0. The number of hydrogen-bond acceptors (Lipinski definition) is 6. The monoisotopic (exact) mass is 509 g/mol. The van der Waals surface area contributed by atoms with Crippen molar-refractivity contribution in [3.63, 3.8) is 0 Å². The van der Waals surface area contributed by atoms with Gasteiger partial charge in [-0.05, 0) is 64.7 Å². The lowest BCUT2D eigenvalue weighted by molar-refractivity contribution is -0.138. The molecule has 1 fully saturated rings. The predicted molar refractivity (Wildman–Crippen MR) is 128 cm³/mol. The Bertz CT molecular complexity index is 1040. The van der Waals surface area contributed by atoms with Crippen LogP contribution in [0.4, 0.5) is 18.0 Å². The molecule has 10 heteroatoms. The van der Waals surface area contributed by atoms with E-state index in [1.807, 2.05) is 6.08 Å². The summed E-state index contributed by atoms with van der Waals surface area (Å²) >= 11 is 0. The summed E-state index contributed by atoms with van der Waals surface area (Å²) in [5, 5.41) is 3.88. The van der Waals surface area contributed by atoms with Crippen LogP contribution in [0.25, 0.3) is 11.4 Å². The van der Waals surface area contributed by atoms with Gasteiger partial charge in [-0.25, -0.2) is 4.79 Å². The summed E-state index contributed by atoms with van der Waals surface area (Å²) in [6.07, 6.45) is 3.97. The van der Waals surface area contributed by atoms with Gasteiger partial charge < -0.3 is 14.0 Å². The molecular weight excluding hydrogens is 475 g/mol. The minimum atomic E-state index is -4.62. The van der Waals surface area contributed by atoms with Crippen LogP contribution >= 0.6 is 0 Å². The molecule has 0 radical (unpaired) electrons. The van der Waals surface area contributed by atoms with Gasteiger partial charge in [-0.1, -0.05) is 37.1 Å².